The van der Waals surface area contributed by atoms with E-state index in [0.717, 1.165) is 11.3 Å². The van der Waals surface area contributed by atoms with Crippen molar-refractivity contribution in [2.75, 3.05) is 5.32 Å². The minimum Gasteiger partial charge on any atom is -0.302 e. The van der Waals surface area contributed by atoms with Gasteiger partial charge in [-0.15, -0.1) is 0 Å². The Morgan fingerprint density at radius 1 is 1.40 bits per heavy atom. The normalized spacial score (nSPS) is 10.3. The molecule has 1 N–H and O–H groups in total. The van der Waals surface area contributed by atoms with Crippen LogP contribution >= 0.6 is 11.3 Å². The molecule has 0 bridgehead atoms. The lowest BCUT2D eigenvalue weighted by Gasteiger charge is -2.02. The number of hydrogen-bond acceptors (Lipinski definition) is 4. The molecule has 0 saturated carbocycles. The van der Waals surface area contributed by atoms with Crippen LogP contribution in [-0.4, -0.2) is 16.7 Å². The van der Waals surface area contributed by atoms with E-state index in [0.29, 0.717) is 21.3 Å². The number of aryl methyl sites for hydroxylation is 1. The standard InChI is InChI=1S/C14H13FN2O2S/c1-8-13(9(2)18)20-14(16-8)17-12(19)7-10-4-3-5-11(15)6-10/h3-6H,7H2,1-2H3,(H,16,17,19). The second-order valence-corrected chi connectivity index (χ2v) is 5.34. The Bertz CT molecular complexity index is 667. The summed E-state index contributed by atoms with van der Waals surface area (Å²) in [6.07, 6.45) is 0.0613. The number of anilines is 1. The van der Waals surface area contributed by atoms with Crippen molar-refractivity contribution in [1.82, 2.24) is 4.98 Å². The Labute approximate surface area is 119 Å². The number of thiazole rings is 1. The van der Waals surface area contributed by atoms with E-state index < -0.39 is 0 Å². The number of halogens is 1. The molecule has 0 aliphatic rings. The van der Waals surface area contributed by atoms with Crippen molar-refractivity contribution in [3.63, 3.8) is 0 Å². The largest absolute Gasteiger partial charge is 0.302 e. The predicted octanol–water partition coefficient (Wildman–Crippen LogP) is 2.97. The summed E-state index contributed by atoms with van der Waals surface area (Å²) in [7, 11) is 0. The number of nitrogens with one attached hydrogen (secondary N) is 1. The molecule has 1 heterocycles. The van der Waals surface area contributed by atoms with Crippen LogP contribution in [0.5, 0.6) is 0 Å². The third-order valence-corrected chi connectivity index (χ3v) is 3.79. The fourth-order valence-corrected chi connectivity index (χ4v) is 2.65. The molecular formula is C14H13FN2O2S. The highest BCUT2D eigenvalue weighted by Crippen LogP contribution is 2.23. The summed E-state index contributed by atoms with van der Waals surface area (Å²) < 4.78 is 13.0. The van der Waals surface area contributed by atoms with E-state index in [-0.39, 0.29) is 23.9 Å². The van der Waals surface area contributed by atoms with E-state index in [1.807, 2.05) is 0 Å². The van der Waals surface area contributed by atoms with Gasteiger partial charge in [0.1, 0.15) is 5.82 Å². The van der Waals surface area contributed by atoms with Crippen LogP contribution < -0.4 is 5.32 Å². The van der Waals surface area contributed by atoms with Gasteiger partial charge in [-0.25, -0.2) is 9.37 Å². The summed E-state index contributed by atoms with van der Waals surface area (Å²) in [5.41, 5.74) is 1.19. The Balaban J connectivity index is 2.05. The van der Waals surface area contributed by atoms with E-state index in [1.165, 1.54) is 19.1 Å². The molecule has 0 unspecified atom stereocenters. The van der Waals surface area contributed by atoms with E-state index >= 15 is 0 Å². The van der Waals surface area contributed by atoms with Gasteiger partial charge in [0.2, 0.25) is 5.91 Å². The first-order valence-corrected chi connectivity index (χ1v) is 6.80. The Kier molecular flexibility index (Phi) is 4.24. The van der Waals surface area contributed by atoms with Crippen molar-refractivity contribution in [2.45, 2.75) is 20.3 Å². The van der Waals surface area contributed by atoms with Crippen LogP contribution in [0, 0.1) is 12.7 Å². The number of carbonyl (C=O) groups is 2. The third kappa shape index (κ3) is 3.48. The fourth-order valence-electron chi connectivity index (χ4n) is 1.77. The molecule has 0 radical (unpaired) electrons. The fraction of sp³-hybridized carbons (Fsp3) is 0.214. The topological polar surface area (TPSA) is 59.1 Å². The van der Waals surface area contributed by atoms with Crippen LogP contribution in [0.15, 0.2) is 24.3 Å². The number of nitrogens with zero attached hydrogens (tertiary/aromatic N) is 1. The molecule has 104 valence electrons. The summed E-state index contributed by atoms with van der Waals surface area (Å²) in [6, 6.07) is 5.87. The van der Waals surface area contributed by atoms with Crippen LogP contribution in [0.25, 0.3) is 0 Å². The quantitative estimate of drug-likeness (QED) is 0.881. The molecule has 0 atom stereocenters. The number of rotatable bonds is 4. The molecule has 0 spiro atoms. The minimum absolute atomic E-state index is 0.0613. The molecule has 0 fully saturated rings. The van der Waals surface area contributed by atoms with Gasteiger partial charge in [0, 0.05) is 6.92 Å². The average molecular weight is 292 g/mol. The minimum atomic E-state index is -0.376. The second kappa shape index (κ2) is 5.92. The molecule has 20 heavy (non-hydrogen) atoms. The van der Waals surface area contributed by atoms with Crippen LogP contribution in [0.1, 0.15) is 27.9 Å². The van der Waals surface area contributed by atoms with Crippen LogP contribution in [0.3, 0.4) is 0 Å². The van der Waals surface area contributed by atoms with Gasteiger partial charge in [0.05, 0.1) is 17.0 Å². The molecule has 1 aromatic heterocycles. The highest BCUT2D eigenvalue weighted by atomic mass is 32.1. The van der Waals surface area contributed by atoms with Gasteiger partial charge in [-0.05, 0) is 24.6 Å². The molecule has 4 nitrogen and oxygen atoms in total. The summed E-state index contributed by atoms with van der Waals surface area (Å²) >= 11 is 1.14. The number of ketones is 1. The lowest BCUT2D eigenvalue weighted by Crippen LogP contribution is -2.14. The van der Waals surface area contributed by atoms with E-state index in [4.69, 9.17) is 0 Å². The Hall–Kier alpha value is -2.08. The van der Waals surface area contributed by atoms with Crippen LogP contribution in [0.2, 0.25) is 0 Å². The molecule has 1 aromatic carbocycles. The number of benzene rings is 1. The molecule has 0 aliphatic carbocycles. The van der Waals surface area contributed by atoms with E-state index in [9.17, 15) is 14.0 Å². The lowest BCUT2D eigenvalue weighted by molar-refractivity contribution is -0.115. The van der Waals surface area contributed by atoms with Crippen LogP contribution in [0.4, 0.5) is 9.52 Å². The van der Waals surface area contributed by atoms with E-state index in [1.54, 1.807) is 19.1 Å². The maximum absolute atomic E-state index is 13.0. The van der Waals surface area contributed by atoms with Crippen molar-refractivity contribution in [3.05, 3.63) is 46.2 Å². The molecule has 0 aliphatic heterocycles. The zero-order valence-electron chi connectivity index (χ0n) is 11.1. The molecule has 6 heteroatoms. The van der Waals surface area contributed by atoms with Gasteiger partial charge in [-0.3, -0.25) is 9.59 Å². The first-order chi connectivity index (χ1) is 9.45. The van der Waals surface area contributed by atoms with Gasteiger partial charge in [0.25, 0.3) is 0 Å². The van der Waals surface area contributed by atoms with Crippen molar-refractivity contribution in [3.8, 4) is 0 Å². The van der Waals surface area contributed by atoms with Gasteiger partial charge >= 0.3 is 0 Å². The SMILES string of the molecule is CC(=O)c1sc(NC(=O)Cc2cccc(F)c2)nc1C. The second-order valence-electron chi connectivity index (χ2n) is 4.34. The summed E-state index contributed by atoms with van der Waals surface area (Å²) in [6.45, 7) is 3.17. The van der Waals surface area contributed by atoms with Gasteiger partial charge in [-0.2, -0.15) is 0 Å². The van der Waals surface area contributed by atoms with Crippen molar-refractivity contribution < 1.29 is 14.0 Å². The summed E-state index contributed by atoms with van der Waals surface area (Å²) in [5, 5.41) is 3.00. The number of Topliss-reactive ketones (excluding diaryl/α,β-unsaturated/α-hetero) is 1. The molecule has 2 rings (SSSR count). The van der Waals surface area contributed by atoms with Gasteiger partial charge in [0.15, 0.2) is 10.9 Å². The van der Waals surface area contributed by atoms with E-state index in [2.05, 4.69) is 10.3 Å². The highest BCUT2D eigenvalue weighted by molar-refractivity contribution is 7.17. The summed E-state index contributed by atoms with van der Waals surface area (Å²) in [5.74, 6) is -0.746. The monoisotopic (exact) mass is 292 g/mol. The third-order valence-electron chi connectivity index (χ3n) is 2.62. The zero-order valence-corrected chi connectivity index (χ0v) is 11.9. The van der Waals surface area contributed by atoms with Crippen LogP contribution in [-0.2, 0) is 11.2 Å². The number of amides is 1. The number of hydrogen-bond donors (Lipinski definition) is 1. The Morgan fingerprint density at radius 2 is 2.15 bits per heavy atom. The zero-order chi connectivity index (χ0) is 14.7. The predicted molar refractivity (Wildman–Crippen MR) is 75.6 cm³/mol. The molecular weight excluding hydrogens is 279 g/mol. The smallest absolute Gasteiger partial charge is 0.230 e. The maximum Gasteiger partial charge on any atom is 0.230 e. The lowest BCUT2D eigenvalue weighted by atomic mass is 10.1. The first kappa shape index (κ1) is 14.3. The Morgan fingerprint density at radius 3 is 2.75 bits per heavy atom. The molecule has 2 aromatic rings. The van der Waals surface area contributed by atoms with Gasteiger partial charge in [-0.1, -0.05) is 23.5 Å². The molecule has 0 saturated heterocycles. The molecule has 1 amide bonds. The number of carbonyl (C=O) groups excluding carboxylic acids is 2. The van der Waals surface area contributed by atoms with Crippen molar-refractivity contribution in [1.29, 1.82) is 0 Å². The first-order valence-electron chi connectivity index (χ1n) is 5.98. The average Bonchev–Trinajstić information content (AvgIpc) is 2.70. The highest BCUT2D eigenvalue weighted by Gasteiger charge is 2.13. The summed E-state index contributed by atoms with van der Waals surface area (Å²) in [4.78, 5) is 27.8. The maximum atomic E-state index is 13.0. The number of aromatic nitrogens is 1. The van der Waals surface area contributed by atoms with Gasteiger partial charge < -0.3 is 5.32 Å². The van der Waals surface area contributed by atoms with Crippen molar-refractivity contribution >= 4 is 28.2 Å². The van der Waals surface area contributed by atoms with Crippen molar-refractivity contribution in [2.24, 2.45) is 0 Å².